The molecule has 4 rings (SSSR count). The summed E-state index contributed by atoms with van der Waals surface area (Å²) in [4.78, 5) is 25.6. The Balaban J connectivity index is 0.00000116. The van der Waals surface area contributed by atoms with Gasteiger partial charge in [-0.05, 0) is 162 Å². The maximum Gasteiger partial charge on any atom is 0.397 e. The van der Waals surface area contributed by atoms with E-state index in [4.69, 9.17) is 29.2 Å². The lowest BCUT2D eigenvalue weighted by atomic mass is 9.43. The van der Waals surface area contributed by atoms with Crippen molar-refractivity contribution in [3.8, 4) is 0 Å². The highest BCUT2D eigenvalue weighted by Crippen LogP contribution is 2.68. The average molecular weight is 723 g/mol. The quantitative estimate of drug-likeness (QED) is 0.0882. The molecule has 48 heavy (non-hydrogen) atoms. The van der Waals surface area contributed by atoms with Crippen LogP contribution < -0.4 is 31.0 Å². The number of aliphatic hydroxyl groups excluding tert-OH is 1. The highest BCUT2D eigenvalue weighted by atomic mass is 32.3. The summed E-state index contributed by atoms with van der Waals surface area (Å²) in [5.74, 6) is 3.21. The van der Waals surface area contributed by atoms with E-state index in [0.29, 0.717) is 53.4 Å². The number of nitrogens with one attached hydrogen (secondary N) is 2. The first-order valence-electron chi connectivity index (χ1n) is 18.5. The van der Waals surface area contributed by atoms with Crippen molar-refractivity contribution in [2.24, 2.45) is 58.0 Å². The lowest BCUT2D eigenvalue weighted by Gasteiger charge is -2.62. The van der Waals surface area contributed by atoms with Crippen molar-refractivity contribution in [3.63, 3.8) is 0 Å². The molecule has 0 heterocycles. The fourth-order valence-electron chi connectivity index (χ4n) is 10.7. The van der Waals surface area contributed by atoms with Crippen LogP contribution in [0.4, 0.5) is 0 Å². The number of nitrogens with two attached hydrogens (primary N) is 1. The second-order valence-corrected chi connectivity index (χ2v) is 18.3. The minimum atomic E-state index is -5.39. The molecule has 0 spiro atoms. The molecule has 0 bridgehead atoms. The van der Waals surface area contributed by atoms with Crippen LogP contribution in [0.5, 0.6) is 0 Å². The van der Waals surface area contributed by atoms with Gasteiger partial charge in [0.25, 0.3) is 0 Å². The Hall–Kier alpha value is -0.180. The number of fused-ring (bicyclic) bond motifs is 5. The molecule has 4 saturated carbocycles. The van der Waals surface area contributed by atoms with Gasteiger partial charge in [-0.1, -0.05) is 34.6 Å². The Morgan fingerprint density at radius 3 is 2.17 bits per heavy atom. The first kappa shape index (κ1) is 42.2. The topological polar surface area (TPSA) is 220 Å². The van der Waals surface area contributed by atoms with E-state index in [0.717, 1.165) is 58.3 Å². The molecule has 0 aromatic heterocycles. The molecule has 4 aliphatic carbocycles. The van der Waals surface area contributed by atoms with Gasteiger partial charge in [-0.2, -0.15) is 16.2 Å². The van der Waals surface area contributed by atoms with Gasteiger partial charge in [0.15, 0.2) is 0 Å². The Bertz CT molecular complexity index is 1130. The predicted molar refractivity (Wildman–Crippen MR) is 181 cm³/mol. The summed E-state index contributed by atoms with van der Waals surface area (Å²) in [7, 11) is -9.84. The summed E-state index contributed by atoms with van der Waals surface area (Å²) in [6, 6.07) is 0.573. The van der Waals surface area contributed by atoms with E-state index in [-0.39, 0.29) is 17.4 Å². The molecule has 11 atom stereocenters. The third kappa shape index (κ3) is 11.7. The number of hydrogen-bond donors (Lipinski definition) is 5. The molecule has 0 aromatic rings. The van der Waals surface area contributed by atoms with Crippen molar-refractivity contribution in [2.75, 3.05) is 26.2 Å². The lowest BCUT2D eigenvalue weighted by molar-refractivity contribution is -0.432. The Kier molecular flexibility index (Phi) is 15.9. The molecule has 0 radical (unpaired) electrons. The van der Waals surface area contributed by atoms with Crippen molar-refractivity contribution in [3.05, 3.63) is 0 Å². The summed E-state index contributed by atoms with van der Waals surface area (Å²) < 4.78 is 45.7. The maximum atomic E-state index is 11.8. The maximum absolute atomic E-state index is 11.8. The standard InChI is InChI=1S/C34H65N3O5S.H3O4P/c1-23(2)31(42-43(39,40)41)12-9-24(3)27-10-11-28-32-29(14-16-34(27,28)5)33(4)15-13-26(21-25(33)22-30(32)38)37-20-8-19-36-18-7-6-17-35;1-5(2,3)4/h23-32,36-38H,6-22,35H2,1-5H3,(H,39,40,41);(H3,1,2,3,4)/p-3/t24-,25-,26+,27-,28+,29+,30-,31-,32+,33+,34-;/m1./s1. The second kappa shape index (κ2) is 18.0. The molecule has 4 fully saturated rings. The fraction of sp³-hybridized carbons (Fsp3) is 1.00. The molecule has 6 N–H and O–H groups in total. The molecule has 0 amide bonds. The number of unbranched alkanes of at least 4 members (excludes halogenated alkanes) is 1. The van der Waals surface area contributed by atoms with Crippen molar-refractivity contribution in [1.82, 2.24) is 10.6 Å². The van der Waals surface area contributed by atoms with Crippen LogP contribution in [-0.4, -0.2) is 62.5 Å². The van der Waals surface area contributed by atoms with E-state index < -0.39 is 24.3 Å². The number of rotatable bonds is 16. The average Bonchev–Trinajstić information content (AvgIpc) is 3.32. The van der Waals surface area contributed by atoms with Crippen molar-refractivity contribution in [2.45, 2.75) is 136 Å². The predicted octanol–water partition coefficient (Wildman–Crippen LogP) is 2.73. The molecule has 0 unspecified atom stereocenters. The van der Waals surface area contributed by atoms with E-state index >= 15 is 0 Å². The van der Waals surface area contributed by atoms with Crippen LogP contribution in [0.3, 0.4) is 0 Å². The zero-order chi connectivity index (χ0) is 35.9. The van der Waals surface area contributed by atoms with Crippen LogP contribution in [0.2, 0.25) is 0 Å². The van der Waals surface area contributed by atoms with Crippen LogP contribution >= 0.6 is 7.82 Å². The normalized spacial score (nSPS) is 36.4. The van der Waals surface area contributed by atoms with Gasteiger partial charge in [0.1, 0.15) is 0 Å². The molecule has 14 heteroatoms. The Labute approximate surface area is 290 Å². The van der Waals surface area contributed by atoms with Gasteiger partial charge in [0.2, 0.25) is 0 Å². The summed E-state index contributed by atoms with van der Waals surface area (Å²) in [6.07, 6.45) is 13.7. The summed E-state index contributed by atoms with van der Waals surface area (Å²) in [6.45, 7) is 15.3. The zero-order valence-corrected chi connectivity index (χ0v) is 31.7. The van der Waals surface area contributed by atoms with E-state index in [9.17, 15) is 18.1 Å². The monoisotopic (exact) mass is 722 g/mol. The van der Waals surface area contributed by atoms with Crippen molar-refractivity contribution in [1.29, 1.82) is 0 Å². The first-order valence-corrected chi connectivity index (χ1v) is 21.3. The number of aliphatic hydroxyl groups is 1. The first-order chi connectivity index (χ1) is 22.3. The van der Waals surface area contributed by atoms with E-state index in [1.165, 1.54) is 44.9 Å². The van der Waals surface area contributed by atoms with E-state index in [2.05, 4.69) is 31.4 Å². The molecule has 0 saturated heterocycles. The van der Waals surface area contributed by atoms with Gasteiger partial charge in [0, 0.05) is 6.04 Å². The third-order valence-corrected chi connectivity index (χ3v) is 13.6. The molecule has 284 valence electrons. The van der Waals surface area contributed by atoms with Crippen LogP contribution in [0.1, 0.15) is 118 Å². The molecule has 0 aliphatic heterocycles. The molecular formula is C34H65N3O9PS-3. The minimum absolute atomic E-state index is 0.0152. The van der Waals surface area contributed by atoms with Crippen LogP contribution in [0.25, 0.3) is 0 Å². The molecule has 4 aliphatic rings. The van der Waals surface area contributed by atoms with Crippen molar-refractivity contribution < 1.29 is 41.5 Å². The van der Waals surface area contributed by atoms with Gasteiger partial charge in [-0.15, -0.1) is 0 Å². The number of phosphoric acid groups is 1. The lowest BCUT2D eigenvalue weighted by Crippen LogP contribution is -2.59. The molecular weight excluding hydrogens is 657 g/mol. The van der Waals surface area contributed by atoms with Gasteiger partial charge in [0.05, 0.1) is 12.2 Å². The van der Waals surface area contributed by atoms with Gasteiger partial charge in [-0.3, -0.25) is 4.55 Å². The van der Waals surface area contributed by atoms with Gasteiger partial charge >= 0.3 is 10.4 Å². The van der Waals surface area contributed by atoms with E-state index in [1.807, 2.05) is 13.8 Å². The summed E-state index contributed by atoms with van der Waals surface area (Å²) >= 11 is 0. The highest BCUT2D eigenvalue weighted by Gasteiger charge is 2.62. The van der Waals surface area contributed by atoms with Crippen LogP contribution in [0.15, 0.2) is 0 Å². The Morgan fingerprint density at radius 2 is 1.54 bits per heavy atom. The Morgan fingerprint density at radius 1 is 0.917 bits per heavy atom. The van der Waals surface area contributed by atoms with Crippen LogP contribution in [0, 0.1) is 52.3 Å². The molecule has 12 nitrogen and oxygen atoms in total. The van der Waals surface area contributed by atoms with Gasteiger partial charge in [-0.25, -0.2) is 4.18 Å². The summed E-state index contributed by atoms with van der Waals surface area (Å²) in [5.41, 5.74) is 6.13. The third-order valence-electron chi connectivity index (χ3n) is 13.1. The summed E-state index contributed by atoms with van der Waals surface area (Å²) in [5, 5.41) is 19.2. The van der Waals surface area contributed by atoms with Gasteiger partial charge < -0.3 is 40.7 Å². The van der Waals surface area contributed by atoms with E-state index in [1.54, 1.807) is 0 Å². The fourth-order valence-corrected chi connectivity index (χ4v) is 11.3. The minimum Gasteiger partial charge on any atom is -0.822 e. The second-order valence-electron chi connectivity index (χ2n) is 16.4. The smallest absolute Gasteiger partial charge is 0.397 e. The van der Waals surface area contributed by atoms with Crippen molar-refractivity contribution >= 4 is 18.2 Å². The molecule has 0 aromatic carbocycles. The SMILES string of the molecule is CC(C)[C@@H](CC[C@@H](C)[C@H]1CC[C@H]2[C@@H]3[C@H](O)C[C@H]4C[C@@H](NCCCNCCCCN)CC[C@]4(C)[C@H]3CC[C@]12C)OS(=O)(=O)O.O=P([O-])([O-])[O-]. The van der Waals surface area contributed by atoms with Crippen LogP contribution in [-0.2, 0) is 19.1 Å². The zero-order valence-electron chi connectivity index (χ0n) is 30.0. The highest BCUT2D eigenvalue weighted by molar-refractivity contribution is 7.80. The number of hydrogen-bond acceptors (Lipinski definition) is 11. The largest absolute Gasteiger partial charge is 0.822 e.